The van der Waals surface area contributed by atoms with Crippen LogP contribution in [0.1, 0.15) is 48.7 Å². The smallest absolute Gasteiger partial charge is 0.255 e. The van der Waals surface area contributed by atoms with Gasteiger partial charge in [-0.15, -0.1) is 12.4 Å². The lowest BCUT2D eigenvalue weighted by atomic mass is 9.91. The van der Waals surface area contributed by atoms with Crippen molar-refractivity contribution in [3.63, 3.8) is 0 Å². The lowest BCUT2D eigenvalue weighted by molar-refractivity contribution is -0.116. The number of carbonyl (C=O) groups excluding carboxylic acids is 2. The van der Waals surface area contributed by atoms with E-state index in [0.717, 1.165) is 25.1 Å². The zero-order valence-corrected chi connectivity index (χ0v) is 17.8. The van der Waals surface area contributed by atoms with Crippen molar-refractivity contribution >= 4 is 29.9 Å². The lowest BCUT2D eigenvalue weighted by Gasteiger charge is -2.35. The third-order valence-electron chi connectivity index (χ3n) is 5.22. The number of carbonyl (C=O) groups is 2. The maximum atomic E-state index is 13.1. The number of rotatable bonds is 5. The number of hydrogen-bond acceptors (Lipinski definition) is 3. The van der Waals surface area contributed by atoms with Crippen molar-refractivity contribution in [2.24, 2.45) is 17.6 Å². The van der Waals surface area contributed by atoms with E-state index in [9.17, 15) is 9.59 Å². The standard InChI is InChI=1S/C23H29N3O2.ClH/c1-16-12-17(2)15-26(14-16)23(28)19-10-6-7-11-21(19)25-22(27)13-20(24)18-8-4-3-5-9-18;/h3-11,16-17,20H,12-15,24H2,1-2H3,(H,25,27);1H. The third-order valence-corrected chi connectivity index (χ3v) is 5.22. The van der Waals surface area contributed by atoms with Gasteiger partial charge in [0.25, 0.3) is 5.91 Å². The predicted molar refractivity (Wildman–Crippen MR) is 119 cm³/mol. The van der Waals surface area contributed by atoms with Gasteiger partial charge in [0.15, 0.2) is 0 Å². The second kappa shape index (κ2) is 10.4. The van der Waals surface area contributed by atoms with E-state index >= 15 is 0 Å². The van der Waals surface area contributed by atoms with Crippen LogP contribution in [0.4, 0.5) is 5.69 Å². The van der Waals surface area contributed by atoms with Gasteiger partial charge >= 0.3 is 0 Å². The van der Waals surface area contributed by atoms with E-state index in [1.54, 1.807) is 12.1 Å². The molecule has 0 aliphatic carbocycles. The summed E-state index contributed by atoms with van der Waals surface area (Å²) in [6.07, 6.45) is 1.30. The van der Waals surface area contributed by atoms with Crippen molar-refractivity contribution in [3.8, 4) is 0 Å². The van der Waals surface area contributed by atoms with E-state index in [1.807, 2.05) is 47.4 Å². The molecule has 3 atom stereocenters. The summed E-state index contributed by atoms with van der Waals surface area (Å²) in [5.41, 5.74) is 8.15. The minimum Gasteiger partial charge on any atom is -0.338 e. The summed E-state index contributed by atoms with van der Waals surface area (Å²) in [7, 11) is 0. The number of nitrogens with two attached hydrogens (primary N) is 1. The normalized spacial score (nSPS) is 19.8. The Balaban J connectivity index is 0.00000300. The Bertz CT molecular complexity index is 818. The van der Waals surface area contributed by atoms with Gasteiger partial charge < -0.3 is 16.0 Å². The molecule has 3 rings (SSSR count). The molecule has 0 radical (unpaired) electrons. The quantitative estimate of drug-likeness (QED) is 0.766. The summed E-state index contributed by atoms with van der Waals surface area (Å²) in [4.78, 5) is 27.5. The molecule has 3 unspecified atom stereocenters. The Morgan fingerprint density at radius 2 is 1.62 bits per heavy atom. The van der Waals surface area contributed by atoms with Crippen LogP contribution in [0.5, 0.6) is 0 Å². The molecule has 1 saturated heterocycles. The number of nitrogens with one attached hydrogen (secondary N) is 1. The Labute approximate surface area is 179 Å². The molecular formula is C23H30ClN3O2. The van der Waals surface area contributed by atoms with Crippen LogP contribution in [0, 0.1) is 11.8 Å². The maximum Gasteiger partial charge on any atom is 0.255 e. The molecule has 3 N–H and O–H groups in total. The molecule has 0 saturated carbocycles. The van der Waals surface area contributed by atoms with E-state index in [-0.39, 0.29) is 36.7 Å². The molecule has 2 aromatic carbocycles. The van der Waals surface area contributed by atoms with Crippen molar-refractivity contribution in [1.29, 1.82) is 0 Å². The number of halogens is 1. The summed E-state index contributed by atoms with van der Waals surface area (Å²) in [6, 6.07) is 16.4. The van der Waals surface area contributed by atoms with Gasteiger partial charge in [0.05, 0.1) is 11.3 Å². The molecule has 6 heteroatoms. The first-order chi connectivity index (χ1) is 13.4. The Kier molecular flexibility index (Phi) is 8.23. The first kappa shape index (κ1) is 22.9. The highest BCUT2D eigenvalue weighted by molar-refractivity contribution is 6.03. The zero-order valence-electron chi connectivity index (χ0n) is 17.0. The highest BCUT2D eigenvalue weighted by Crippen LogP contribution is 2.25. The molecule has 0 bridgehead atoms. The van der Waals surface area contributed by atoms with Gasteiger partial charge in [-0.05, 0) is 36.0 Å². The van der Waals surface area contributed by atoms with Crippen molar-refractivity contribution in [3.05, 3.63) is 65.7 Å². The molecule has 5 nitrogen and oxygen atoms in total. The zero-order chi connectivity index (χ0) is 20.1. The van der Waals surface area contributed by atoms with Crippen LogP contribution in [-0.4, -0.2) is 29.8 Å². The molecule has 1 aliphatic rings. The molecule has 156 valence electrons. The van der Waals surface area contributed by atoms with Crippen molar-refractivity contribution in [1.82, 2.24) is 4.90 Å². The van der Waals surface area contributed by atoms with Crippen LogP contribution in [0.3, 0.4) is 0 Å². The Morgan fingerprint density at radius 1 is 1.03 bits per heavy atom. The minimum absolute atomic E-state index is 0. The van der Waals surface area contributed by atoms with Crippen LogP contribution in [0.2, 0.25) is 0 Å². The van der Waals surface area contributed by atoms with Crippen LogP contribution < -0.4 is 11.1 Å². The molecule has 2 amide bonds. The van der Waals surface area contributed by atoms with Crippen LogP contribution in [0.25, 0.3) is 0 Å². The van der Waals surface area contributed by atoms with Gasteiger partial charge in [-0.3, -0.25) is 9.59 Å². The molecule has 0 aromatic heterocycles. The second-order valence-corrected chi connectivity index (χ2v) is 7.97. The van der Waals surface area contributed by atoms with Crippen molar-refractivity contribution in [2.75, 3.05) is 18.4 Å². The lowest BCUT2D eigenvalue weighted by Crippen LogP contribution is -2.42. The number of likely N-dealkylation sites (tertiary alicyclic amines) is 1. The topological polar surface area (TPSA) is 75.4 Å². The molecule has 1 heterocycles. The summed E-state index contributed by atoms with van der Waals surface area (Å²) in [5, 5.41) is 2.89. The van der Waals surface area contributed by atoms with Crippen LogP contribution >= 0.6 is 12.4 Å². The van der Waals surface area contributed by atoms with E-state index in [0.29, 0.717) is 23.1 Å². The van der Waals surface area contributed by atoms with E-state index in [2.05, 4.69) is 19.2 Å². The predicted octanol–water partition coefficient (Wildman–Crippen LogP) is 4.26. The average molecular weight is 416 g/mol. The maximum absolute atomic E-state index is 13.1. The minimum atomic E-state index is -0.382. The number of benzene rings is 2. The van der Waals surface area contributed by atoms with Crippen molar-refractivity contribution in [2.45, 2.75) is 32.7 Å². The number of amides is 2. The first-order valence-electron chi connectivity index (χ1n) is 9.92. The fourth-order valence-corrected chi connectivity index (χ4v) is 4.00. The fourth-order valence-electron chi connectivity index (χ4n) is 4.00. The SMILES string of the molecule is CC1CC(C)CN(C(=O)c2ccccc2NC(=O)CC(N)c2ccccc2)C1.Cl. The van der Waals surface area contributed by atoms with Crippen LogP contribution in [0.15, 0.2) is 54.6 Å². The van der Waals surface area contributed by atoms with E-state index in [4.69, 9.17) is 5.73 Å². The van der Waals surface area contributed by atoms with Crippen molar-refractivity contribution < 1.29 is 9.59 Å². The summed E-state index contributed by atoms with van der Waals surface area (Å²) >= 11 is 0. The van der Waals surface area contributed by atoms with E-state index < -0.39 is 0 Å². The highest BCUT2D eigenvalue weighted by Gasteiger charge is 2.27. The molecule has 0 spiro atoms. The molecular weight excluding hydrogens is 386 g/mol. The number of para-hydroxylation sites is 1. The number of piperidine rings is 1. The molecule has 1 fully saturated rings. The van der Waals surface area contributed by atoms with Gasteiger partial charge in [0.2, 0.25) is 5.91 Å². The van der Waals surface area contributed by atoms with Gasteiger partial charge in [-0.2, -0.15) is 0 Å². The van der Waals surface area contributed by atoms with Gasteiger partial charge in [-0.1, -0.05) is 56.3 Å². The Morgan fingerprint density at radius 3 is 2.28 bits per heavy atom. The highest BCUT2D eigenvalue weighted by atomic mass is 35.5. The average Bonchev–Trinajstić information content (AvgIpc) is 2.67. The molecule has 29 heavy (non-hydrogen) atoms. The summed E-state index contributed by atoms with van der Waals surface area (Å²) in [6.45, 7) is 5.86. The number of hydrogen-bond donors (Lipinski definition) is 2. The fraction of sp³-hybridized carbons (Fsp3) is 0.391. The molecule has 1 aliphatic heterocycles. The number of nitrogens with zero attached hydrogens (tertiary/aromatic N) is 1. The van der Waals surface area contributed by atoms with Gasteiger partial charge in [0.1, 0.15) is 0 Å². The summed E-state index contributed by atoms with van der Waals surface area (Å²) in [5.74, 6) is 0.746. The summed E-state index contributed by atoms with van der Waals surface area (Å²) < 4.78 is 0. The third kappa shape index (κ3) is 6.05. The van der Waals surface area contributed by atoms with E-state index in [1.165, 1.54) is 0 Å². The molecule has 2 aromatic rings. The second-order valence-electron chi connectivity index (χ2n) is 7.97. The van der Waals surface area contributed by atoms with Gasteiger partial charge in [0, 0.05) is 25.6 Å². The largest absolute Gasteiger partial charge is 0.338 e. The Hall–Kier alpha value is -2.37. The monoisotopic (exact) mass is 415 g/mol. The first-order valence-corrected chi connectivity index (χ1v) is 9.92. The number of anilines is 1. The van der Waals surface area contributed by atoms with Crippen LogP contribution in [-0.2, 0) is 4.79 Å². The van der Waals surface area contributed by atoms with Gasteiger partial charge in [-0.25, -0.2) is 0 Å².